The van der Waals surface area contributed by atoms with Crippen LogP contribution in [0, 0.1) is 6.92 Å². The lowest BCUT2D eigenvalue weighted by molar-refractivity contribution is 0.0953. The number of hydrogen-bond acceptors (Lipinski definition) is 5. The Hall–Kier alpha value is -1.80. The summed E-state index contributed by atoms with van der Waals surface area (Å²) in [5, 5.41) is 13.7. The smallest absolute Gasteiger partial charge is 0.274 e. The normalized spacial score (nSPS) is 10.9. The van der Waals surface area contributed by atoms with Crippen molar-refractivity contribution in [3.8, 4) is 11.5 Å². The largest absolute Gasteiger partial charge is 0.503 e. The Labute approximate surface area is 143 Å². The third-order valence-corrected chi connectivity index (χ3v) is 5.03. The number of halogens is 2. The van der Waals surface area contributed by atoms with Crippen molar-refractivity contribution in [2.75, 3.05) is 7.11 Å². The minimum atomic E-state index is -0.372. The van der Waals surface area contributed by atoms with Gasteiger partial charge in [0.15, 0.2) is 11.5 Å². The number of nitrogens with one attached hydrogen (secondary N) is 1. The van der Waals surface area contributed by atoms with Gasteiger partial charge in [0.1, 0.15) is 5.76 Å². The van der Waals surface area contributed by atoms with Gasteiger partial charge >= 0.3 is 0 Å². The SMILES string of the molecule is COc1cc(/C=N/NC(=O)c2ccoc2C)c(Br)c(Br)c1O. The number of aromatic hydroxyl groups is 1. The molecular formula is C14H12Br2N2O4. The van der Waals surface area contributed by atoms with Crippen LogP contribution in [0.4, 0.5) is 0 Å². The molecule has 116 valence electrons. The van der Waals surface area contributed by atoms with Crippen LogP contribution in [0.1, 0.15) is 21.7 Å². The van der Waals surface area contributed by atoms with Crippen molar-refractivity contribution in [1.82, 2.24) is 5.43 Å². The van der Waals surface area contributed by atoms with Gasteiger partial charge in [0, 0.05) is 10.0 Å². The van der Waals surface area contributed by atoms with Gasteiger partial charge in [-0.25, -0.2) is 5.43 Å². The quantitative estimate of drug-likeness (QED) is 0.572. The minimum absolute atomic E-state index is 0.0235. The predicted octanol–water partition coefficient (Wildman–Crippen LogP) is 3.59. The number of benzene rings is 1. The first-order valence-corrected chi connectivity index (χ1v) is 7.66. The molecule has 1 aromatic carbocycles. The van der Waals surface area contributed by atoms with Gasteiger partial charge < -0.3 is 14.3 Å². The first kappa shape index (κ1) is 16.6. The molecule has 0 aliphatic rings. The van der Waals surface area contributed by atoms with E-state index in [1.807, 2.05) is 0 Å². The number of ether oxygens (including phenoxy) is 1. The van der Waals surface area contributed by atoms with Gasteiger partial charge in [-0.05, 0) is 50.9 Å². The van der Waals surface area contributed by atoms with Gasteiger partial charge in [0.2, 0.25) is 0 Å². The summed E-state index contributed by atoms with van der Waals surface area (Å²) in [5.74, 6) is 0.407. The summed E-state index contributed by atoms with van der Waals surface area (Å²) in [6, 6.07) is 3.15. The summed E-state index contributed by atoms with van der Waals surface area (Å²) in [4.78, 5) is 11.9. The standard InChI is InChI=1S/C14H12Br2N2O4/c1-7-9(3-4-22-7)14(20)18-17-6-8-5-10(21-2)13(19)12(16)11(8)15/h3-6,19H,1-2H3,(H,18,20)/b17-6+. The van der Waals surface area contributed by atoms with Gasteiger partial charge in [-0.15, -0.1) is 0 Å². The lowest BCUT2D eigenvalue weighted by Crippen LogP contribution is -2.17. The Bertz CT molecular complexity index is 741. The van der Waals surface area contributed by atoms with E-state index in [4.69, 9.17) is 9.15 Å². The molecule has 2 rings (SSSR count). The van der Waals surface area contributed by atoms with Crippen LogP contribution in [0.25, 0.3) is 0 Å². The Morgan fingerprint density at radius 3 is 2.77 bits per heavy atom. The van der Waals surface area contributed by atoms with Gasteiger partial charge in [0.05, 0.1) is 29.6 Å². The molecule has 6 nitrogen and oxygen atoms in total. The third-order valence-electron chi connectivity index (χ3n) is 2.87. The second-order valence-electron chi connectivity index (χ2n) is 4.23. The Morgan fingerprint density at radius 2 is 2.18 bits per heavy atom. The average molecular weight is 432 g/mol. The summed E-state index contributed by atoms with van der Waals surface area (Å²) >= 11 is 6.58. The zero-order valence-corrected chi connectivity index (χ0v) is 14.9. The van der Waals surface area contributed by atoms with Crippen molar-refractivity contribution in [3.63, 3.8) is 0 Å². The first-order chi connectivity index (χ1) is 10.5. The maximum Gasteiger partial charge on any atom is 0.274 e. The molecule has 1 aromatic heterocycles. The van der Waals surface area contributed by atoms with E-state index in [0.717, 1.165) is 0 Å². The van der Waals surface area contributed by atoms with E-state index in [1.165, 1.54) is 19.6 Å². The van der Waals surface area contributed by atoms with Crippen LogP contribution in [0.2, 0.25) is 0 Å². The van der Waals surface area contributed by atoms with E-state index in [2.05, 4.69) is 42.4 Å². The highest BCUT2D eigenvalue weighted by Gasteiger charge is 2.14. The van der Waals surface area contributed by atoms with Crippen LogP contribution >= 0.6 is 31.9 Å². The Morgan fingerprint density at radius 1 is 1.45 bits per heavy atom. The number of carbonyl (C=O) groups excluding carboxylic acids is 1. The molecule has 0 unspecified atom stereocenters. The van der Waals surface area contributed by atoms with E-state index in [-0.39, 0.29) is 17.4 Å². The summed E-state index contributed by atoms with van der Waals surface area (Å²) < 4.78 is 11.1. The monoisotopic (exact) mass is 430 g/mol. The molecule has 1 heterocycles. The molecule has 0 spiro atoms. The van der Waals surface area contributed by atoms with Crippen LogP contribution < -0.4 is 10.2 Å². The highest BCUT2D eigenvalue weighted by atomic mass is 79.9. The molecule has 1 amide bonds. The molecule has 0 aliphatic carbocycles. The zero-order chi connectivity index (χ0) is 16.3. The average Bonchev–Trinajstić information content (AvgIpc) is 2.93. The fourth-order valence-electron chi connectivity index (χ4n) is 1.70. The molecule has 0 aliphatic heterocycles. The van der Waals surface area contributed by atoms with E-state index < -0.39 is 0 Å². The van der Waals surface area contributed by atoms with Crippen molar-refractivity contribution < 1.29 is 19.1 Å². The molecule has 0 saturated heterocycles. The number of nitrogens with zero attached hydrogens (tertiary/aromatic N) is 1. The van der Waals surface area contributed by atoms with Crippen LogP contribution in [-0.2, 0) is 0 Å². The maximum absolute atomic E-state index is 11.9. The van der Waals surface area contributed by atoms with Crippen molar-refractivity contribution in [1.29, 1.82) is 0 Å². The van der Waals surface area contributed by atoms with Gasteiger partial charge in [-0.2, -0.15) is 5.10 Å². The van der Waals surface area contributed by atoms with Crippen LogP contribution in [0.15, 0.2) is 36.9 Å². The van der Waals surface area contributed by atoms with E-state index in [1.54, 1.807) is 19.1 Å². The fourth-order valence-corrected chi connectivity index (χ4v) is 2.53. The molecule has 22 heavy (non-hydrogen) atoms. The van der Waals surface area contributed by atoms with E-state index >= 15 is 0 Å². The number of carbonyl (C=O) groups is 1. The number of phenols is 1. The number of hydrogen-bond donors (Lipinski definition) is 2. The third kappa shape index (κ3) is 3.33. The second kappa shape index (κ2) is 6.97. The molecular weight excluding hydrogens is 420 g/mol. The molecule has 0 fully saturated rings. The molecule has 2 N–H and O–H groups in total. The van der Waals surface area contributed by atoms with Gasteiger partial charge in [0.25, 0.3) is 5.91 Å². The summed E-state index contributed by atoms with van der Waals surface area (Å²) in [7, 11) is 1.44. The van der Waals surface area contributed by atoms with Crippen molar-refractivity contribution in [2.45, 2.75) is 6.92 Å². The maximum atomic E-state index is 11.9. The number of amides is 1. The zero-order valence-electron chi connectivity index (χ0n) is 11.7. The number of hydrazone groups is 1. The first-order valence-electron chi connectivity index (χ1n) is 6.08. The Balaban J connectivity index is 2.19. The molecule has 2 aromatic rings. The van der Waals surface area contributed by atoms with Gasteiger partial charge in [-0.1, -0.05) is 0 Å². The summed E-state index contributed by atoms with van der Waals surface area (Å²) in [6.07, 6.45) is 2.87. The highest BCUT2D eigenvalue weighted by Crippen LogP contribution is 2.41. The number of methoxy groups -OCH3 is 1. The molecule has 0 bridgehead atoms. The molecule has 8 heteroatoms. The number of furan rings is 1. The van der Waals surface area contributed by atoms with Crippen molar-refractivity contribution in [2.24, 2.45) is 5.10 Å². The van der Waals surface area contributed by atoms with Crippen LogP contribution in [0.3, 0.4) is 0 Å². The van der Waals surface area contributed by atoms with E-state index in [0.29, 0.717) is 25.8 Å². The lowest BCUT2D eigenvalue weighted by atomic mass is 10.2. The van der Waals surface area contributed by atoms with Crippen LogP contribution in [0.5, 0.6) is 11.5 Å². The minimum Gasteiger partial charge on any atom is -0.503 e. The molecule has 0 radical (unpaired) electrons. The molecule has 0 atom stereocenters. The summed E-state index contributed by atoms with van der Waals surface area (Å²) in [5.41, 5.74) is 3.44. The number of phenolic OH excluding ortho intramolecular Hbond substituents is 1. The van der Waals surface area contributed by atoms with Crippen molar-refractivity contribution in [3.05, 3.63) is 44.2 Å². The fraction of sp³-hybridized carbons (Fsp3) is 0.143. The predicted molar refractivity (Wildman–Crippen MR) is 88.6 cm³/mol. The van der Waals surface area contributed by atoms with Crippen LogP contribution in [-0.4, -0.2) is 24.3 Å². The van der Waals surface area contributed by atoms with E-state index in [9.17, 15) is 9.90 Å². The lowest BCUT2D eigenvalue weighted by Gasteiger charge is -2.09. The van der Waals surface area contributed by atoms with Crippen molar-refractivity contribution >= 4 is 44.0 Å². The highest BCUT2D eigenvalue weighted by molar-refractivity contribution is 9.13. The van der Waals surface area contributed by atoms with Gasteiger partial charge in [-0.3, -0.25) is 4.79 Å². The number of rotatable bonds is 4. The summed E-state index contributed by atoms with van der Waals surface area (Å²) in [6.45, 7) is 1.69. The topological polar surface area (TPSA) is 84.1 Å². The molecule has 0 saturated carbocycles. The Kier molecular flexibility index (Phi) is 5.25. The second-order valence-corrected chi connectivity index (χ2v) is 5.82. The number of aryl methyl sites for hydroxylation is 1.